The van der Waals surface area contributed by atoms with Crippen LogP contribution in [0.2, 0.25) is 0 Å². The van der Waals surface area contributed by atoms with Crippen LogP contribution in [0.15, 0.2) is 18.3 Å². The second-order valence-electron chi connectivity index (χ2n) is 5.08. The molecule has 1 unspecified atom stereocenters. The van der Waals surface area contributed by atoms with Gasteiger partial charge < -0.3 is 16.4 Å². The van der Waals surface area contributed by atoms with Crippen LogP contribution in [0, 0.1) is 0 Å². The number of nitrogens with zero attached hydrogens (tertiary/aromatic N) is 1. The van der Waals surface area contributed by atoms with Crippen LogP contribution in [-0.4, -0.2) is 22.5 Å². The van der Waals surface area contributed by atoms with Crippen LogP contribution in [0.25, 0.3) is 0 Å². The molecule has 1 amide bonds. The van der Waals surface area contributed by atoms with E-state index in [9.17, 15) is 4.79 Å². The molecule has 0 radical (unpaired) electrons. The number of aromatic nitrogens is 1. The number of carbonyl (C=O) groups is 1. The maximum absolute atomic E-state index is 11.8. The van der Waals surface area contributed by atoms with E-state index in [0.29, 0.717) is 11.5 Å². The topological polar surface area (TPSA) is 80.0 Å². The lowest BCUT2D eigenvalue weighted by atomic mass is 10.1. The van der Waals surface area contributed by atoms with E-state index in [4.69, 9.17) is 5.73 Å². The molecule has 0 saturated carbocycles. The fourth-order valence-electron chi connectivity index (χ4n) is 1.26. The number of carbonyl (C=O) groups excluding carboxylic acids is 1. The molecular weight excluding hydrogens is 216 g/mol. The molecule has 1 aromatic rings. The summed E-state index contributed by atoms with van der Waals surface area (Å²) in [6.45, 7) is 7.62. The minimum atomic E-state index is -0.342. The van der Waals surface area contributed by atoms with Crippen molar-refractivity contribution >= 4 is 17.4 Å². The zero-order valence-corrected chi connectivity index (χ0v) is 10.7. The number of rotatable bonds is 3. The Bertz CT molecular complexity index is 380. The summed E-state index contributed by atoms with van der Waals surface area (Å²) in [5.74, 6) is 0.576. The minimum absolute atomic E-state index is 0.0591. The Morgan fingerprint density at radius 2 is 2.06 bits per heavy atom. The molecule has 0 bridgehead atoms. The second-order valence-corrected chi connectivity index (χ2v) is 5.08. The molecule has 94 valence electrons. The van der Waals surface area contributed by atoms with E-state index >= 15 is 0 Å². The molecule has 5 nitrogen and oxygen atoms in total. The number of hydrogen-bond donors (Lipinski definition) is 3. The van der Waals surface area contributed by atoms with Crippen LogP contribution in [0.5, 0.6) is 0 Å². The molecule has 0 saturated heterocycles. The molecule has 1 atom stereocenters. The summed E-state index contributed by atoms with van der Waals surface area (Å²) < 4.78 is 0. The highest BCUT2D eigenvalue weighted by atomic mass is 16.2. The molecule has 0 fully saturated rings. The highest BCUT2D eigenvalue weighted by Crippen LogP contribution is 2.08. The van der Waals surface area contributed by atoms with Crippen molar-refractivity contribution in [3.8, 4) is 0 Å². The van der Waals surface area contributed by atoms with E-state index in [-0.39, 0.29) is 17.5 Å². The van der Waals surface area contributed by atoms with Crippen molar-refractivity contribution in [2.75, 3.05) is 11.1 Å². The first-order chi connectivity index (χ1) is 7.78. The van der Waals surface area contributed by atoms with Gasteiger partial charge in [-0.25, -0.2) is 4.98 Å². The summed E-state index contributed by atoms with van der Waals surface area (Å²) >= 11 is 0. The lowest BCUT2D eigenvalue weighted by Crippen LogP contribution is -2.47. The zero-order valence-electron chi connectivity index (χ0n) is 10.7. The van der Waals surface area contributed by atoms with Crippen molar-refractivity contribution in [2.24, 2.45) is 0 Å². The largest absolute Gasteiger partial charge is 0.397 e. The number of hydrogen-bond acceptors (Lipinski definition) is 4. The molecule has 4 N–H and O–H groups in total. The summed E-state index contributed by atoms with van der Waals surface area (Å²) in [4.78, 5) is 15.9. The van der Waals surface area contributed by atoms with Gasteiger partial charge in [0.1, 0.15) is 11.9 Å². The van der Waals surface area contributed by atoms with Crippen molar-refractivity contribution < 1.29 is 4.79 Å². The first-order valence-electron chi connectivity index (χ1n) is 5.58. The molecule has 0 spiro atoms. The Morgan fingerprint density at radius 1 is 1.41 bits per heavy atom. The number of nitrogens with two attached hydrogens (primary N) is 1. The maximum atomic E-state index is 11.8. The average molecular weight is 236 g/mol. The van der Waals surface area contributed by atoms with Crippen molar-refractivity contribution in [3.05, 3.63) is 18.3 Å². The van der Waals surface area contributed by atoms with Crippen LogP contribution in [0.4, 0.5) is 11.5 Å². The summed E-state index contributed by atoms with van der Waals surface area (Å²) in [6, 6.07) is 3.14. The van der Waals surface area contributed by atoms with Crippen molar-refractivity contribution in [2.45, 2.75) is 39.3 Å². The van der Waals surface area contributed by atoms with Crippen molar-refractivity contribution in [1.29, 1.82) is 0 Å². The molecular formula is C12H20N4O. The lowest BCUT2D eigenvalue weighted by molar-refractivity contribution is -0.122. The Kier molecular flexibility index (Phi) is 3.93. The van der Waals surface area contributed by atoms with Gasteiger partial charge in [-0.05, 0) is 39.8 Å². The van der Waals surface area contributed by atoms with E-state index in [1.165, 1.54) is 0 Å². The van der Waals surface area contributed by atoms with Gasteiger partial charge in [0.05, 0.1) is 11.9 Å². The van der Waals surface area contributed by atoms with E-state index < -0.39 is 0 Å². The van der Waals surface area contributed by atoms with Crippen LogP contribution >= 0.6 is 0 Å². The van der Waals surface area contributed by atoms with Gasteiger partial charge >= 0.3 is 0 Å². The van der Waals surface area contributed by atoms with E-state index in [1.807, 2.05) is 20.8 Å². The molecule has 0 aliphatic rings. The Morgan fingerprint density at radius 3 is 2.53 bits per heavy atom. The zero-order chi connectivity index (χ0) is 13.1. The average Bonchev–Trinajstić information content (AvgIpc) is 2.19. The van der Waals surface area contributed by atoms with E-state index in [1.54, 1.807) is 25.3 Å². The lowest BCUT2D eigenvalue weighted by Gasteiger charge is -2.23. The fourth-order valence-corrected chi connectivity index (χ4v) is 1.26. The van der Waals surface area contributed by atoms with Gasteiger partial charge in [-0.1, -0.05) is 0 Å². The molecule has 0 aliphatic carbocycles. The standard InChI is InChI=1S/C12H20N4O/c1-8(11(17)16-12(2,3)4)15-10-6-5-9(13)7-14-10/h5-8H,13H2,1-4H3,(H,14,15)(H,16,17). The third kappa shape index (κ3) is 4.72. The minimum Gasteiger partial charge on any atom is -0.397 e. The van der Waals surface area contributed by atoms with Crippen molar-refractivity contribution in [1.82, 2.24) is 10.3 Å². The Balaban J connectivity index is 2.57. The number of pyridine rings is 1. The smallest absolute Gasteiger partial charge is 0.242 e. The highest BCUT2D eigenvalue weighted by molar-refractivity contribution is 5.84. The summed E-state index contributed by atoms with van der Waals surface area (Å²) in [6.07, 6.45) is 1.55. The molecule has 0 aromatic carbocycles. The normalized spacial score (nSPS) is 12.9. The predicted molar refractivity (Wildman–Crippen MR) is 69.6 cm³/mol. The number of anilines is 2. The van der Waals surface area contributed by atoms with Gasteiger partial charge in [0.25, 0.3) is 0 Å². The van der Waals surface area contributed by atoms with Crippen LogP contribution in [-0.2, 0) is 4.79 Å². The van der Waals surface area contributed by atoms with Gasteiger partial charge in [-0.15, -0.1) is 0 Å². The third-order valence-corrected chi connectivity index (χ3v) is 2.04. The first-order valence-corrected chi connectivity index (χ1v) is 5.58. The van der Waals surface area contributed by atoms with Gasteiger partial charge in [0.15, 0.2) is 0 Å². The van der Waals surface area contributed by atoms with Crippen LogP contribution in [0.3, 0.4) is 0 Å². The van der Waals surface area contributed by atoms with Crippen LogP contribution < -0.4 is 16.4 Å². The first kappa shape index (κ1) is 13.3. The molecule has 1 rings (SSSR count). The second kappa shape index (κ2) is 5.03. The molecule has 1 aromatic heterocycles. The molecule has 17 heavy (non-hydrogen) atoms. The van der Waals surface area contributed by atoms with Gasteiger partial charge in [-0.3, -0.25) is 4.79 Å². The highest BCUT2D eigenvalue weighted by Gasteiger charge is 2.19. The Hall–Kier alpha value is -1.78. The SMILES string of the molecule is CC(Nc1ccc(N)cn1)C(=O)NC(C)(C)C. The molecule has 1 heterocycles. The summed E-state index contributed by atoms with van der Waals surface area (Å²) in [7, 11) is 0. The number of nitrogen functional groups attached to an aromatic ring is 1. The monoisotopic (exact) mass is 236 g/mol. The van der Waals surface area contributed by atoms with Gasteiger partial charge in [-0.2, -0.15) is 0 Å². The number of amides is 1. The molecule has 0 aliphatic heterocycles. The Labute approximate surface area is 102 Å². The number of nitrogens with one attached hydrogen (secondary N) is 2. The predicted octanol–water partition coefficient (Wildman–Crippen LogP) is 1.38. The van der Waals surface area contributed by atoms with Gasteiger partial charge in [0.2, 0.25) is 5.91 Å². The fraction of sp³-hybridized carbons (Fsp3) is 0.500. The summed E-state index contributed by atoms with van der Waals surface area (Å²) in [5.41, 5.74) is 5.90. The summed E-state index contributed by atoms with van der Waals surface area (Å²) in [5, 5.41) is 5.91. The van der Waals surface area contributed by atoms with Crippen molar-refractivity contribution in [3.63, 3.8) is 0 Å². The quantitative estimate of drug-likeness (QED) is 0.740. The maximum Gasteiger partial charge on any atom is 0.242 e. The van der Waals surface area contributed by atoms with E-state index in [2.05, 4.69) is 15.6 Å². The van der Waals surface area contributed by atoms with Crippen LogP contribution in [0.1, 0.15) is 27.7 Å². The third-order valence-electron chi connectivity index (χ3n) is 2.04. The van der Waals surface area contributed by atoms with E-state index in [0.717, 1.165) is 0 Å². The molecule has 5 heteroatoms. The van der Waals surface area contributed by atoms with Gasteiger partial charge in [0, 0.05) is 5.54 Å².